The largest absolute Gasteiger partial charge is 0.357 e. The van der Waals surface area contributed by atoms with Crippen molar-refractivity contribution in [3.63, 3.8) is 0 Å². The summed E-state index contributed by atoms with van der Waals surface area (Å²) in [5.41, 5.74) is 0. The molecule has 17 heavy (non-hydrogen) atoms. The Morgan fingerprint density at radius 3 is 2.53 bits per heavy atom. The number of aromatic nitrogens is 3. The van der Waals surface area contributed by atoms with Gasteiger partial charge < -0.3 is 10.2 Å². The molecule has 1 rings (SSSR count). The molecule has 0 radical (unpaired) electrons. The van der Waals surface area contributed by atoms with Gasteiger partial charge in [-0.3, -0.25) is 0 Å². The van der Waals surface area contributed by atoms with Crippen molar-refractivity contribution in [1.82, 2.24) is 15.0 Å². The Labute approximate surface area is 107 Å². The Kier molecular flexibility index (Phi) is 5.76. The molecule has 0 aliphatic rings. The highest BCUT2D eigenvalue weighted by Gasteiger charge is 2.10. The summed E-state index contributed by atoms with van der Waals surface area (Å²) in [5.74, 6) is 2.12. The van der Waals surface area contributed by atoms with Crippen LogP contribution in [0.5, 0.6) is 0 Å². The standard InChI is InChI=1S/C11H19N5S/c1-5-8-17-11-14-9(12-4)13-10(15-11)16(6-2)7-3/h5H,1,6-8H2,2-4H3,(H,12,13,14,15). The van der Waals surface area contributed by atoms with E-state index in [0.29, 0.717) is 5.95 Å². The van der Waals surface area contributed by atoms with Gasteiger partial charge in [-0.15, -0.1) is 6.58 Å². The van der Waals surface area contributed by atoms with Crippen molar-refractivity contribution >= 4 is 23.7 Å². The van der Waals surface area contributed by atoms with Crippen LogP contribution < -0.4 is 10.2 Å². The molecule has 0 saturated carbocycles. The monoisotopic (exact) mass is 253 g/mol. The van der Waals surface area contributed by atoms with Gasteiger partial charge in [-0.1, -0.05) is 17.8 Å². The van der Waals surface area contributed by atoms with E-state index in [1.54, 1.807) is 11.8 Å². The summed E-state index contributed by atoms with van der Waals surface area (Å²) in [6.07, 6.45) is 1.84. The normalized spacial score (nSPS) is 10.1. The Morgan fingerprint density at radius 2 is 2.00 bits per heavy atom. The van der Waals surface area contributed by atoms with Crippen molar-refractivity contribution in [2.75, 3.05) is 36.1 Å². The molecule has 6 heteroatoms. The molecule has 0 aromatic carbocycles. The maximum Gasteiger partial charge on any atom is 0.231 e. The van der Waals surface area contributed by atoms with Gasteiger partial charge >= 0.3 is 0 Å². The minimum absolute atomic E-state index is 0.605. The molecule has 1 heterocycles. The van der Waals surface area contributed by atoms with E-state index < -0.39 is 0 Å². The van der Waals surface area contributed by atoms with Crippen molar-refractivity contribution in [2.45, 2.75) is 19.0 Å². The Hall–Kier alpha value is -1.30. The third kappa shape index (κ3) is 3.89. The van der Waals surface area contributed by atoms with Crippen LogP contribution in [0.15, 0.2) is 17.8 Å². The number of anilines is 2. The van der Waals surface area contributed by atoms with E-state index in [9.17, 15) is 0 Å². The molecule has 1 aromatic rings. The van der Waals surface area contributed by atoms with Gasteiger partial charge in [0.1, 0.15) is 0 Å². The van der Waals surface area contributed by atoms with Gasteiger partial charge in [0.2, 0.25) is 11.9 Å². The lowest BCUT2D eigenvalue weighted by Crippen LogP contribution is -2.25. The van der Waals surface area contributed by atoms with E-state index in [1.165, 1.54) is 0 Å². The van der Waals surface area contributed by atoms with Crippen molar-refractivity contribution in [3.05, 3.63) is 12.7 Å². The van der Waals surface area contributed by atoms with Crippen LogP contribution in [0, 0.1) is 0 Å². The predicted molar refractivity (Wildman–Crippen MR) is 73.9 cm³/mol. The summed E-state index contributed by atoms with van der Waals surface area (Å²) < 4.78 is 0. The fourth-order valence-corrected chi connectivity index (χ4v) is 1.87. The molecule has 1 N–H and O–H groups in total. The Balaban J connectivity index is 2.99. The lowest BCUT2D eigenvalue weighted by Gasteiger charge is -2.19. The average molecular weight is 253 g/mol. The Morgan fingerprint density at radius 1 is 1.29 bits per heavy atom. The first kappa shape index (κ1) is 13.8. The first-order valence-electron chi connectivity index (χ1n) is 5.67. The molecule has 0 aliphatic heterocycles. The zero-order valence-corrected chi connectivity index (χ0v) is 11.4. The maximum absolute atomic E-state index is 4.44. The van der Waals surface area contributed by atoms with Crippen molar-refractivity contribution < 1.29 is 0 Å². The lowest BCUT2D eigenvalue weighted by molar-refractivity contribution is 0.785. The fourth-order valence-electron chi connectivity index (χ4n) is 1.30. The Bertz CT molecular complexity index is 365. The van der Waals surface area contributed by atoms with Gasteiger partial charge in [-0.05, 0) is 13.8 Å². The number of nitrogens with zero attached hydrogens (tertiary/aromatic N) is 4. The topological polar surface area (TPSA) is 53.9 Å². The van der Waals surface area contributed by atoms with E-state index in [-0.39, 0.29) is 0 Å². The summed E-state index contributed by atoms with van der Waals surface area (Å²) >= 11 is 1.56. The summed E-state index contributed by atoms with van der Waals surface area (Å²) in [7, 11) is 1.81. The SMILES string of the molecule is C=CCSc1nc(NC)nc(N(CC)CC)n1. The maximum atomic E-state index is 4.44. The van der Waals surface area contributed by atoms with Gasteiger partial charge in [-0.2, -0.15) is 15.0 Å². The quantitative estimate of drug-likeness (QED) is 0.593. The van der Waals surface area contributed by atoms with Crippen molar-refractivity contribution in [2.24, 2.45) is 0 Å². The van der Waals surface area contributed by atoms with Gasteiger partial charge in [0.05, 0.1) is 0 Å². The van der Waals surface area contributed by atoms with Crippen LogP contribution >= 0.6 is 11.8 Å². The highest BCUT2D eigenvalue weighted by atomic mass is 32.2. The van der Waals surface area contributed by atoms with Crippen LogP contribution in [0.2, 0.25) is 0 Å². The second-order valence-electron chi connectivity index (χ2n) is 3.26. The van der Waals surface area contributed by atoms with E-state index in [1.807, 2.05) is 13.1 Å². The minimum atomic E-state index is 0.605. The molecule has 0 saturated heterocycles. The molecular weight excluding hydrogens is 234 g/mol. The minimum Gasteiger partial charge on any atom is -0.357 e. The third-order valence-corrected chi connectivity index (χ3v) is 3.05. The molecule has 0 atom stereocenters. The molecule has 0 fully saturated rings. The zero-order chi connectivity index (χ0) is 12.7. The molecule has 5 nitrogen and oxygen atoms in total. The molecule has 94 valence electrons. The van der Waals surface area contributed by atoms with Gasteiger partial charge in [0.15, 0.2) is 5.16 Å². The summed E-state index contributed by atoms with van der Waals surface area (Å²) in [4.78, 5) is 15.2. The van der Waals surface area contributed by atoms with Gasteiger partial charge in [0, 0.05) is 25.9 Å². The third-order valence-electron chi connectivity index (χ3n) is 2.20. The first-order valence-corrected chi connectivity index (χ1v) is 6.66. The number of rotatable bonds is 7. The lowest BCUT2D eigenvalue weighted by atomic mass is 10.5. The molecule has 0 amide bonds. The number of nitrogens with one attached hydrogen (secondary N) is 1. The van der Waals surface area contributed by atoms with Crippen LogP contribution in [-0.2, 0) is 0 Å². The zero-order valence-electron chi connectivity index (χ0n) is 10.6. The van der Waals surface area contributed by atoms with E-state index in [0.717, 1.165) is 29.9 Å². The highest BCUT2D eigenvalue weighted by Crippen LogP contribution is 2.18. The van der Waals surface area contributed by atoms with E-state index in [2.05, 4.69) is 45.6 Å². The molecular formula is C11H19N5S. The predicted octanol–water partition coefficient (Wildman–Crippen LogP) is 2.04. The second-order valence-corrected chi connectivity index (χ2v) is 4.25. The van der Waals surface area contributed by atoms with Gasteiger partial charge in [0.25, 0.3) is 0 Å². The van der Waals surface area contributed by atoms with Crippen LogP contribution in [0.1, 0.15) is 13.8 Å². The molecule has 1 aromatic heterocycles. The fraction of sp³-hybridized carbons (Fsp3) is 0.545. The smallest absolute Gasteiger partial charge is 0.231 e. The number of hydrogen-bond donors (Lipinski definition) is 1. The van der Waals surface area contributed by atoms with Crippen LogP contribution in [0.3, 0.4) is 0 Å². The van der Waals surface area contributed by atoms with Crippen LogP contribution in [-0.4, -0.2) is 40.8 Å². The average Bonchev–Trinajstić information content (AvgIpc) is 2.37. The molecule has 0 aliphatic carbocycles. The van der Waals surface area contributed by atoms with Crippen molar-refractivity contribution in [1.29, 1.82) is 0 Å². The van der Waals surface area contributed by atoms with Crippen molar-refractivity contribution in [3.8, 4) is 0 Å². The molecule has 0 unspecified atom stereocenters. The van der Waals surface area contributed by atoms with E-state index in [4.69, 9.17) is 0 Å². The van der Waals surface area contributed by atoms with Crippen LogP contribution in [0.4, 0.5) is 11.9 Å². The highest BCUT2D eigenvalue weighted by molar-refractivity contribution is 7.99. The van der Waals surface area contributed by atoms with Gasteiger partial charge in [-0.25, -0.2) is 0 Å². The first-order chi connectivity index (χ1) is 8.24. The second kappa shape index (κ2) is 7.11. The summed E-state index contributed by atoms with van der Waals surface area (Å²) in [5, 5.41) is 3.69. The molecule has 0 spiro atoms. The van der Waals surface area contributed by atoms with E-state index >= 15 is 0 Å². The number of thioether (sulfide) groups is 1. The molecule has 0 bridgehead atoms. The number of hydrogen-bond acceptors (Lipinski definition) is 6. The van der Waals surface area contributed by atoms with Crippen LogP contribution in [0.25, 0.3) is 0 Å². The summed E-state index contributed by atoms with van der Waals surface area (Å²) in [6.45, 7) is 9.63. The summed E-state index contributed by atoms with van der Waals surface area (Å²) in [6, 6.07) is 0.